The zero-order chi connectivity index (χ0) is 11.5. The number of alkyl halides is 2. The maximum absolute atomic E-state index is 13.5. The Bertz CT molecular complexity index is 354. The Labute approximate surface area is 89.6 Å². The number of benzene rings is 1. The van der Waals surface area contributed by atoms with E-state index in [0.29, 0.717) is 6.42 Å². The molecule has 0 N–H and O–H groups in total. The van der Waals surface area contributed by atoms with Gasteiger partial charge >= 0.3 is 0 Å². The molecule has 0 nitrogen and oxygen atoms in total. The van der Waals surface area contributed by atoms with E-state index in [4.69, 9.17) is 0 Å². The number of hydrogen-bond donors (Lipinski definition) is 0. The predicted octanol–water partition coefficient (Wildman–Crippen LogP) is 4.23. The number of aryl methyl sites for hydroxylation is 1. The lowest BCUT2D eigenvalue weighted by atomic mass is 9.99. The summed E-state index contributed by atoms with van der Waals surface area (Å²) in [5.41, 5.74) is 1.88. The molecule has 15 heavy (non-hydrogen) atoms. The summed E-state index contributed by atoms with van der Waals surface area (Å²) in [4.78, 5) is 0. The lowest BCUT2D eigenvalue weighted by Crippen LogP contribution is -2.12. The normalized spacial score (nSPS) is 11.5. The van der Waals surface area contributed by atoms with Gasteiger partial charge in [-0.25, -0.2) is 8.78 Å². The summed E-state index contributed by atoms with van der Waals surface area (Å²) in [5.74, 6) is -2.72. The van der Waals surface area contributed by atoms with Crippen LogP contribution in [0.25, 0.3) is 0 Å². The van der Waals surface area contributed by atoms with Crippen molar-refractivity contribution in [2.45, 2.75) is 32.6 Å². The molecule has 1 aromatic carbocycles. The lowest BCUT2D eigenvalue weighted by Gasteiger charge is -2.16. The van der Waals surface area contributed by atoms with Crippen LogP contribution in [0.3, 0.4) is 0 Å². The van der Waals surface area contributed by atoms with Crippen molar-refractivity contribution < 1.29 is 8.78 Å². The molecule has 0 bridgehead atoms. The van der Waals surface area contributed by atoms with Crippen LogP contribution in [-0.4, -0.2) is 0 Å². The van der Waals surface area contributed by atoms with E-state index in [1.54, 1.807) is 18.2 Å². The highest BCUT2D eigenvalue weighted by molar-refractivity contribution is 5.33. The van der Waals surface area contributed by atoms with Gasteiger partial charge < -0.3 is 0 Å². The molecule has 0 saturated heterocycles. The number of hydrogen-bond acceptors (Lipinski definition) is 0. The minimum atomic E-state index is -2.72. The Balaban J connectivity index is 3.13. The molecule has 0 atom stereocenters. The minimum Gasteiger partial charge on any atom is -0.201 e. The van der Waals surface area contributed by atoms with Crippen molar-refractivity contribution in [2.24, 2.45) is 0 Å². The smallest absolute Gasteiger partial charge is 0.201 e. The van der Waals surface area contributed by atoms with Gasteiger partial charge in [-0.3, -0.25) is 0 Å². The van der Waals surface area contributed by atoms with Gasteiger partial charge in [0.05, 0.1) is 0 Å². The first kappa shape index (κ1) is 11.9. The number of halogens is 2. The highest BCUT2D eigenvalue weighted by atomic mass is 19.3. The summed E-state index contributed by atoms with van der Waals surface area (Å²) in [6, 6.07) is 5.03. The van der Waals surface area contributed by atoms with E-state index in [1.165, 1.54) is 6.92 Å². The fraction of sp³-hybridized carbons (Fsp3) is 0.385. The summed E-state index contributed by atoms with van der Waals surface area (Å²) in [6.07, 6.45) is 2.20. The van der Waals surface area contributed by atoms with E-state index in [-0.39, 0.29) is 12.0 Å². The lowest BCUT2D eigenvalue weighted by molar-refractivity contribution is -0.00840. The highest BCUT2D eigenvalue weighted by Crippen LogP contribution is 2.32. The van der Waals surface area contributed by atoms with Gasteiger partial charge in [-0.2, -0.15) is 0 Å². The van der Waals surface area contributed by atoms with Gasteiger partial charge in [0.1, 0.15) is 0 Å². The summed E-state index contributed by atoms with van der Waals surface area (Å²) >= 11 is 0. The first-order valence-corrected chi connectivity index (χ1v) is 5.09. The second-order valence-electron chi connectivity index (χ2n) is 3.76. The molecule has 82 valence electrons. The van der Waals surface area contributed by atoms with Crippen LogP contribution in [-0.2, 0) is 12.3 Å². The van der Waals surface area contributed by atoms with Gasteiger partial charge in [0.2, 0.25) is 0 Å². The average Bonchev–Trinajstić information content (AvgIpc) is 2.17. The molecular formula is C13H16F2. The van der Waals surface area contributed by atoms with Gasteiger partial charge in [0.15, 0.2) is 0 Å². The molecule has 0 aromatic heterocycles. The van der Waals surface area contributed by atoms with Gasteiger partial charge in [-0.05, 0) is 25.0 Å². The molecule has 0 spiro atoms. The molecule has 0 aliphatic heterocycles. The average molecular weight is 210 g/mol. The molecule has 1 rings (SSSR count). The molecule has 0 radical (unpaired) electrons. The number of allylic oxidation sites excluding steroid dienone is 1. The van der Waals surface area contributed by atoms with E-state index in [0.717, 1.165) is 11.1 Å². The van der Waals surface area contributed by atoms with Gasteiger partial charge in [-0.15, -0.1) is 6.58 Å². The highest BCUT2D eigenvalue weighted by Gasteiger charge is 2.29. The third-order valence-corrected chi connectivity index (χ3v) is 2.38. The monoisotopic (exact) mass is 210 g/mol. The molecule has 0 saturated carbocycles. The van der Waals surface area contributed by atoms with Crippen LogP contribution in [0.15, 0.2) is 30.9 Å². The molecule has 0 heterocycles. The molecule has 0 aliphatic carbocycles. The van der Waals surface area contributed by atoms with Crippen LogP contribution >= 0.6 is 0 Å². The van der Waals surface area contributed by atoms with Crippen molar-refractivity contribution in [1.82, 2.24) is 0 Å². The first-order valence-electron chi connectivity index (χ1n) is 5.09. The van der Waals surface area contributed by atoms with Crippen LogP contribution in [0, 0.1) is 6.92 Å². The van der Waals surface area contributed by atoms with Crippen LogP contribution in [0.5, 0.6) is 0 Å². The van der Waals surface area contributed by atoms with E-state index in [9.17, 15) is 8.78 Å². The summed E-state index contributed by atoms with van der Waals surface area (Å²) < 4.78 is 26.9. The summed E-state index contributed by atoms with van der Waals surface area (Å²) in [7, 11) is 0. The molecule has 1 aromatic rings. The zero-order valence-corrected chi connectivity index (χ0v) is 9.19. The van der Waals surface area contributed by atoms with Crippen molar-refractivity contribution in [3.05, 3.63) is 47.5 Å². The fourth-order valence-electron chi connectivity index (χ4n) is 1.56. The second-order valence-corrected chi connectivity index (χ2v) is 3.76. The van der Waals surface area contributed by atoms with Crippen molar-refractivity contribution in [2.75, 3.05) is 0 Å². The van der Waals surface area contributed by atoms with Gasteiger partial charge in [-0.1, -0.05) is 30.7 Å². The zero-order valence-electron chi connectivity index (χ0n) is 9.19. The van der Waals surface area contributed by atoms with Crippen LogP contribution in [0.2, 0.25) is 0 Å². The van der Waals surface area contributed by atoms with E-state index < -0.39 is 5.92 Å². The quantitative estimate of drug-likeness (QED) is 0.652. The van der Waals surface area contributed by atoms with E-state index in [2.05, 4.69) is 6.58 Å². The van der Waals surface area contributed by atoms with Crippen molar-refractivity contribution in [3.63, 3.8) is 0 Å². The van der Waals surface area contributed by atoms with E-state index in [1.807, 2.05) is 13.0 Å². The largest absolute Gasteiger partial charge is 0.273 e. The Kier molecular flexibility index (Phi) is 3.61. The molecule has 0 unspecified atom stereocenters. The van der Waals surface area contributed by atoms with Crippen LogP contribution in [0.4, 0.5) is 8.78 Å². The SMILES string of the molecule is C=CCc1cc(C)cc(C(F)(F)CC)c1. The van der Waals surface area contributed by atoms with Crippen LogP contribution < -0.4 is 0 Å². The predicted molar refractivity (Wildman–Crippen MR) is 59.3 cm³/mol. The standard InChI is InChI=1S/C13H16F2/c1-4-6-11-7-10(3)8-12(9-11)13(14,15)5-2/h4,7-9H,1,5-6H2,2-3H3. The van der Waals surface area contributed by atoms with Crippen molar-refractivity contribution >= 4 is 0 Å². The maximum atomic E-state index is 13.5. The number of rotatable bonds is 4. The third-order valence-electron chi connectivity index (χ3n) is 2.38. The summed E-state index contributed by atoms with van der Waals surface area (Å²) in [5, 5.41) is 0. The Morgan fingerprint density at radius 3 is 2.53 bits per heavy atom. The molecule has 0 amide bonds. The van der Waals surface area contributed by atoms with Gasteiger partial charge in [0, 0.05) is 12.0 Å². The maximum Gasteiger partial charge on any atom is 0.273 e. The molecule has 0 fully saturated rings. The fourth-order valence-corrected chi connectivity index (χ4v) is 1.56. The first-order chi connectivity index (χ1) is 6.99. The van der Waals surface area contributed by atoms with Crippen LogP contribution in [0.1, 0.15) is 30.0 Å². The minimum absolute atomic E-state index is 0.113. The Morgan fingerprint density at radius 1 is 1.33 bits per heavy atom. The molecular weight excluding hydrogens is 194 g/mol. The third kappa shape index (κ3) is 2.88. The molecule has 2 heteroatoms. The molecule has 0 aliphatic rings. The van der Waals surface area contributed by atoms with E-state index >= 15 is 0 Å². The Morgan fingerprint density at radius 2 is 2.00 bits per heavy atom. The summed E-state index contributed by atoms with van der Waals surface area (Å²) in [6.45, 7) is 6.94. The Hall–Kier alpha value is -1.18. The van der Waals surface area contributed by atoms with Crippen molar-refractivity contribution in [3.8, 4) is 0 Å². The second kappa shape index (κ2) is 4.56. The van der Waals surface area contributed by atoms with Crippen molar-refractivity contribution in [1.29, 1.82) is 0 Å². The van der Waals surface area contributed by atoms with Gasteiger partial charge in [0.25, 0.3) is 5.92 Å². The topological polar surface area (TPSA) is 0 Å².